The molecule has 0 saturated carbocycles. The van der Waals surface area contributed by atoms with E-state index in [1.807, 2.05) is 12.1 Å². The third-order valence-corrected chi connectivity index (χ3v) is 4.58. The molecular formula is C17H22N4O3. The molecule has 0 bridgehead atoms. The van der Waals surface area contributed by atoms with Gasteiger partial charge in [-0.05, 0) is 37.1 Å². The fourth-order valence-corrected chi connectivity index (χ4v) is 3.53. The Bertz CT molecular complexity index is 691. The Labute approximate surface area is 140 Å². The first-order valence-corrected chi connectivity index (χ1v) is 8.38. The van der Waals surface area contributed by atoms with Crippen LogP contribution in [0.1, 0.15) is 18.4 Å². The van der Waals surface area contributed by atoms with E-state index in [9.17, 15) is 5.11 Å². The Morgan fingerprint density at radius 1 is 1.21 bits per heavy atom. The summed E-state index contributed by atoms with van der Waals surface area (Å²) < 4.78 is 12.9. The van der Waals surface area contributed by atoms with E-state index in [0.717, 1.165) is 37.4 Å². The van der Waals surface area contributed by atoms with Gasteiger partial charge in [0.2, 0.25) is 0 Å². The van der Waals surface area contributed by atoms with Gasteiger partial charge in [-0.3, -0.25) is 4.90 Å². The molecule has 2 aliphatic heterocycles. The second kappa shape index (κ2) is 6.41. The molecule has 0 amide bonds. The quantitative estimate of drug-likeness (QED) is 0.904. The van der Waals surface area contributed by atoms with Gasteiger partial charge in [0, 0.05) is 19.3 Å². The number of aromatic nitrogens is 3. The van der Waals surface area contributed by atoms with Crippen molar-refractivity contribution in [1.82, 2.24) is 19.9 Å². The number of β-amino-alcohol motifs (C(OH)–C–C–N with tert-alkyl or cyclic N) is 1. The van der Waals surface area contributed by atoms with E-state index in [2.05, 4.69) is 21.3 Å². The van der Waals surface area contributed by atoms with E-state index in [4.69, 9.17) is 9.47 Å². The Morgan fingerprint density at radius 2 is 2.08 bits per heavy atom. The molecule has 1 aromatic carbocycles. The monoisotopic (exact) mass is 330 g/mol. The molecule has 3 heterocycles. The molecule has 1 saturated heterocycles. The summed E-state index contributed by atoms with van der Waals surface area (Å²) in [5.74, 6) is 1.62. The first-order valence-electron chi connectivity index (χ1n) is 8.38. The van der Waals surface area contributed by atoms with Gasteiger partial charge in [0.05, 0.1) is 18.3 Å². The number of aliphatic hydroxyl groups is 1. The van der Waals surface area contributed by atoms with Crippen LogP contribution in [0.5, 0.6) is 11.5 Å². The minimum absolute atomic E-state index is 0.477. The van der Waals surface area contributed by atoms with Crippen molar-refractivity contribution in [3.63, 3.8) is 0 Å². The summed E-state index contributed by atoms with van der Waals surface area (Å²) in [5, 5.41) is 18.7. The van der Waals surface area contributed by atoms with E-state index < -0.39 is 5.60 Å². The van der Waals surface area contributed by atoms with Gasteiger partial charge >= 0.3 is 0 Å². The summed E-state index contributed by atoms with van der Waals surface area (Å²) in [5.41, 5.74) is 0.406. The van der Waals surface area contributed by atoms with Crippen molar-refractivity contribution in [1.29, 1.82) is 0 Å². The van der Waals surface area contributed by atoms with Crippen molar-refractivity contribution in [2.75, 3.05) is 26.3 Å². The molecule has 7 heteroatoms. The average molecular weight is 330 g/mol. The van der Waals surface area contributed by atoms with Crippen LogP contribution in [0.4, 0.5) is 0 Å². The number of fused-ring (bicyclic) bond motifs is 1. The van der Waals surface area contributed by atoms with E-state index >= 15 is 0 Å². The second-order valence-electron chi connectivity index (χ2n) is 6.62. The van der Waals surface area contributed by atoms with Crippen LogP contribution in [0.2, 0.25) is 0 Å². The number of hydrogen-bond acceptors (Lipinski definition) is 6. The molecule has 0 radical (unpaired) electrons. The minimum Gasteiger partial charge on any atom is -0.486 e. The zero-order valence-corrected chi connectivity index (χ0v) is 13.6. The van der Waals surface area contributed by atoms with Crippen molar-refractivity contribution in [3.05, 3.63) is 36.2 Å². The van der Waals surface area contributed by atoms with Gasteiger partial charge in [0.15, 0.2) is 11.5 Å². The topological polar surface area (TPSA) is 72.6 Å². The Hall–Kier alpha value is -2.12. The van der Waals surface area contributed by atoms with Gasteiger partial charge in [0.25, 0.3) is 0 Å². The Balaban J connectivity index is 1.43. The zero-order chi connectivity index (χ0) is 16.4. The summed E-state index contributed by atoms with van der Waals surface area (Å²) in [6.07, 6.45) is 5.18. The van der Waals surface area contributed by atoms with Gasteiger partial charge in [-0.25, -0.2) is 4.68 Å². The summed E-state index contributed by atoms with van der Waals surface area (Å²) in [6, 6.07) is 6.08. The van der Waals surface area contributed by atoms with E-state index in [0.29, 0.717) is 26.3 Å². The number of benzene rings is 1. The summed E-state index contributed by atoms with van der Waals surface area (Å²) >= 11 is 0. The van der Waals surface area contributed by atoms with Crippen LogP contribution in [-0.4, -0.2) is 56.9 Å². The molecule has 1 aromatic heterocycles. The minimum atomic E-state index is -0.764. The third-order valence-electron chi connectivity index (χ3n) is 4.58. The lowest BCUT2D eigenvalue weighted by Gasteiger charge is -2.39. The molecule has 1 fully saturated rings. The molecule has 0 aliphatic carbocycles. The van der Waals surface area contributed by atoms with E-state index in [-0.39, 0.29) is 0 Å². The molecule has 2 aromatic rings. The molecule has 0 spiro atoms. The summed E-state index contributed by atoms with van der Waals surface area (Å²) in [6.45, 7) is 4.07. The second-order valence-corrected chi connectivity index (χ2v) is 6.62. The van der Waals surface area contributed by atoms with Crippen molar-refractivity contribution in [2.45, 2.75) is 31.5 Å². The average Bonchev–Trinajstić information content (AvgIpc) is 3.07. The summed E-state index contributed by atoms with van der Waals surface area (Å²) in [4.78, 5) is 2.28. The highest BCUT2D eigenvalue weighted by molar-refractivity contribution is 5.43. The van der Waals surface area contributed by atoms with E-state index in [1.54, 1.807) is 17.1 Å². The largest absolute Gasteiger partial charge is 0.486 e. The van der Waals surface area contributed by atoms with Crippen molar-refractivity contribution in [2.24, 2.45) is 0 Å². The maximum atomic E-state index is 10.9. The SMILES string of the molecule is OC1(Cn2ccnn2)CCCN(Cc2ccc3c(c2)OCCO3)C1. The van der Waals surface area contributed by atoms with Crippen molar-refractivity contribution < 1.29 is 14.6 Å². The van der Waals surface area contributed by atoms with Crippen LogP contribution in [0.15, 0.2) is 30.6 Å². The van der Waals surface area contributed by atoms with Gasteiger partial charge in [0.1, 0.15) is 13.2 Å². The fraction of sp³-hybridized carbons (Fsp3) is 0.529. The number of likely N-dealkylation sites (tertiary alicyclic amines) is 1. The maximum absolute atomic E-state index is 10.9. The molecule has 1 unspecified atom stereocenters. The lowest BCUT2D eigenvalue weighted by molar-refractivity contribution is -0.0478. The number of ether oxygens (including phenoxy) is 2. The van der Waals surface area contributed by atoms with Crippen molar-refractivity contribution >= 4 is 0 Å². The molecular weight excluding hydrogens is 308 g/mol. The predicted molar refractivity (Wildman–Crippen MR) is 86.9 cm³/mol. The number of nitrogens with zero attached hydrogens (tertiary/aromatic N) is 4. The molecule has 128 valence electrons. The molecule has 7 nitrogen and oxygen atoms in total. The van der Waals surface area contributed by atoms with Gasteiger partial charge < -0.3 is 14.6 Å². The van der Waals surface area contributed by atoms with Crippen LogP contribution in [0, 0.1) is 0 Å². The smallest absolute Gasteiger partial charge is 0.161 e. The molecule has 4 rings (SSSR count). The fourth-order valence-electron chi connectivity index (χ4n) is 3.53. The van der Waals surface area contributed by atoms with Crippen LogP contribution < -0.4 is 9.47 Å². The Kier molecular flexibility index (Phi) is 4.12. The van der Waals surface area contributed by atoms with E-state index in [1.165, 1.54) is 5.56 Å². The highest BCUT2D eigenvalue weighted by Gasteiger charge is 2.34. The van der Waals surface area contributed by atoms with Crippen molar-refractivity contribution in [3.8, 4) is 11.5 Å². The normalized spacial score (nSPS) is 24.0. The summed E-state index contributed by atoms with van der Waals surface area (Å²) in [7, 11) is 0. The van der Waals surface area contributed by atoms with Crippen LogP contribution in [0.25, 0.3) is 0 Å². The predicted octanol–water partition coefficient (Wildman–Crippen LogP) is 1.08. The zero-order valence-electron chi connectivity index (χ0n) is 13.6. The lowest BCUT2D eigenvalue weighted by atomic mass is 9.92. The first-order chi connectivity index (χ1) is 11.7. The van der Waals surface area contributed by atoms with Crippen LogP contribution >= 0.6 is 0 Å². The first kappa shape index (κ1) is 15.4. The molecule has 24 heavy (non-hydrogen) atoms. The van der Waals surface area contributed by atoms with Crippen LogP contribution in [-0.2, 0) is 13.1 Å². The number of hydrogen-bond donors (Lipinski definition) is 1. The maximum Gasteiger partial charge on any atom is 0.161 e. The lowest BCUT2D eigenvalue weighted by Crippen LogP contribution is -2.50. The Morgan fingerprint density at radius 3 is 2.92 bits per heavy atom. The highest BCUT2D eigenvalue weighted by Crippen LogP contribution is 2.32. The van der Waals surface area contributed by atoms with Gasteiger partial charge in [-0.1, -0.05) is 11.3 Å². The third kappa shape index (κ3) is 3.37. The number of piperidine rings is 1. The molecule has 2 aliphatic rings. The number of rotatable bonds is 4. The molecule has 1 atom stereocenters. The highest BCUT2D eigenvalue weighted by atomic mass is 16.6. The molecule has 1 N–H and O–H groups in total. The van der Waals surface area contributed by atoms with Crippen LogP contribution in [0.3, 0.4) is 0 Å². The van der Waals surface area contributed by atoms with Gasteiger partial charge in [-0.2, -0.15) is 0 Å². The standard InChI is InChI=1S/C17H22N4O3/c22-17(13-21-7-5-18-19-21)4-1-6-20(12-17)11-14-2-3-15-16(10-14)24-9-8-23-15/h2-3,5,7,10,22H,1,4,6,8-9,11-13H2. The van der Waals surface area contributed by atoms with Gasteiger partial charge in [-0.15, -0.1) is 5.10 Å².